The molecule has 0 radical (unpaired) electrons. The first-order valence-corrected chi connectivity index (χ1v) is 9.56. The van der Waals surface area contributed by atoms with Gasteiger partial charge in [0.15, 0.2) is 0 Å². The van der Waals surface area contributed by atoms with Gasteiger partial charge in [-0.1, -0.05) is 18.2 Å². The van der Waals surface area contributed by atoms with Crippen molar-refractivity contribution in [2.45, 2.75) is 25.7 Å². The number of aryl methyl sites for hydroxylation is 2. The van der Waals surface area contributed by atoms with E-state index in [-0.39, 0.29) is 11.7 Å². The Morgan fingerprint density at radius 3 is 2.88 bits per heavy atom. The molecular formula is C20H22FN3OS. The zero-order valence-corrected chi connectivity index (χ0v) is 15.6. The maximum absolute atomic E-state index is 13.3. The molecule has 0 bridgehead atoms. The third kappa shape index (κ3) is 5.02. The minimum Gasteiger partial charge on any atom is -0.346 e. The van der Waals surface area contributed by atoms with Crippen LogP contribution in [0.15, 0.2) is 47.8 Å². The summed E-state index contributed by atoms with van der Waals surface area (Å²) in [7, 11) is 1.85. The fourth-order valence-corrected chi connectivity index (χ4v) is 3.50. The number of halogens is 1. The number of H-pyrrole nitrogens is 1. The number of nitrogens with one attached hydrogen (secondary N) is 1. The van der Waals surface area contributed by atoms with E-state index in [1.807, 2.05) is 30.6 Å². The number of hydrogen-bond donors (Lipinski definition) is 1. The first-order valence-electron chi connectivity index (χ1n) is 8.68. The summed E-state index contributed by atoms with van der Waals surface area (Å²) in [6, 6.07) is 12.4. The van der Waals surface area contributed by atoms with Crippen LogP contribution in [0, 0.1) is 5.82 Å². The molecule has 0 fully saturated rings. The summed E-state index contributed by atoms with van der Waals surface area (Å²) in [4.78, 5) is 15.2. The van der Waals surface area contributed by atoms with E-state index in [0.29, 0.717) is 13.0 Å². The standard InChI is InChI=1S/C20H22FN3OS/c1-24(20(25)10-9-18-8-4-12-26-18)11-3-7-17-14-19(23-22-17)15-5-2-6-16(21)13-15/h2,4-6,8,12-14H,3,7,9-11H2,1H3,(H,22,23). The van der Waals surface area contributed by atoms with Gasteiger partial charge in [-0.15, -0.1) is 11.3 Å². The van der Waals surface area contributed by atoms with Crippen molar-refractivity contribution < 1.29 is 9.18 Å². The molecule has 3 aromatic rings. The SMILES string of the molecule is CN(CCCc1cc(-c2cccc(F)c2)n[nH]1)C(=O)CCc1cccs1. The maximum Gasteiger partial charge on any atom is 0.222 e. The first kappa shape index (κ1) is 18.3. The molecule has 0 unspecified atom stereocenters. The number of aromatic amines is 1. The molecule has 0 aliphatic rings. The zero-order valence-electron chi connectivity index (χ0n) is 14.7. The van der Waals surface area contributed by atoms with Gasteiger partial charge in [-0.2, -0.15) is 5.10 Å². The molecule has 0 spiro atoms. The largest absolute Gasteiger partial charge is 0.346 e. The summed E-state index contributed by atoms with van der Waals surface area (Å²) >= 11 is 1.69. The Balaban J connectivity index is 1.43. The average Bonchev–Trinajstić information content (AvgIpc) is 3.31. The van der Waals surface area contributed by atoms with Gasteiger partial charge in [-0.3, -0.25) is 9.89 Å². The van der Waals surface area contributed by atoms with Gasteiger partial charge in [0, 0.05) is 36.1 Å². The van der Waals surface area contributed by atoms with Crippen LogP contribution in [-0.2, 0) is 17.6 Å². The van der Waals surface area contributed by atoms with E-state index in [1.165, 1.54) is 17.0 Å². The minimum absolute atomic E-state index is 0.170. The van der Waals surface area contributed by atoms with E-state index in [4.69, 9.17) is 0 Å². The first-order chi connectivity index (χ1) is 12.6. The Hall–Kier alpha value is -2.47. The van der Waals surface area contributed by atoms with Crippen molar-refractivity contribution in [3.05, 3.63) is 64.2 Å². The monoisotopic (exact) mass is 371 g/mol. The summed E-state index contributed by atoms with van der Waals surface area (Å²) in [5, 5.41) is 9.28. The van der Waals surface area contributed by atoms with Crippen LogP contribution >= 0.6 is 11.3 Å². The lowest BCUT2D eigenvalue weighted by Gasteiger charge is -2.16. The van der Waals surface area contributed by atoms with Crippen molar-refractivity contribution in [3.63, 3.8) is 0 Å². The molecule has 2 aromatic heterocycles. The van der Waals surface area contributed by atoms with Crippen LogP contribution in [0.5, 0.6) is 0 Å². The molecule has 0 aliphatic heterocycles. The molecule has 26 heavy (non-hydrogen) atoms. The summed E-state index contributed by atoms with van der Waals surface area (Å²) < 4.78 is 13.3. The second kappa shape index (κ2) is 8.76. The van der Waals surface area contributed by atoms with Crippen molar-refractivity contribution in [3.8, 4) is 11.3 Å². The smallest absolute Gasteiger partial charge is 0.222 e. The van der Waals surface area contributed by atoms with Crippen molar-refractivity contribution in [2.75, 3.05) is 13.6 Å². The quantitative estimate of drug-likeness (QED) is 0.642. The molecule has 6 heteroatoms. The van der Waals surface area contributed by atoms with E-state index in [9.17, 15) is 9.18 Å². The number of hydrogen-bond acceptors (Lipinski definition) is 3. The highest BCUT2D eigenvalue weighted by Gasteiger charge is 2.10. The summed E-state index contributed by atoms with van der Waals surface area (Å²) in [5.41, 5.74) is 2.48. The highest BCUT2D eigenvalue weighted by Crippen LogP contribution is 2.19. The molecule has 0 saturated heterocycles. The van der Waals surface area contributed by atoms with Crippen LogP contribution in [0.2, 0.25) is 0 Å². The van der Waals surface area contributed by atoms with Crippen LogP contribution in [-0.4, -0.2) is 34.6 Å². The van der Waals surface area contributed by atoms with Crippen molar-refractivity contribution >= 4 is 17.2 Å². The molecule has 0 aliphatic carbocycles. The predicted octanol–water partition coefficient (Wildman–Crippen LogP) is 4.30. The van der Waals surface area contributed by atoms with Gasteiger partial charge >= 0.3 is 0 Å². The number of aromatic nitrogens is 2. The fraction of sp³-hybridized carbons (Fsp3) is 0.300. The van der Waals surface area contributed by atoms with Gasteiger partial charge < -0.3 is 4.90 Å². The molecule has 1 aromatic carbocycles. The number of benzene rings is 1. The predicted molar refractivity (Wildman–Crippen MR) is 103 cm³/mol. The van der Waals surface area contributed by atoms with Crippen LogP contribution in [0.25, 0.3) is 11.3 Å². The molecule has 3 rings (SSSR count). The van der Waals surface area contributed by atoms with E-state index in [0.717, 1.165) is 36.2 Å². The fourth-order valence-electron chi connectivity index (χ4n) is 2.79. The molecular weight excluding hydrogens is 349 g/mol. The summed E-state index contributed by atoms with van der Waals surface area (Å²) in [6.07, 6.45) is 3.00. The number of thiophene rings is 1. The molecule has 2 heterocycles. The second-order valence-electron chi connectivity index (χ2n) is 6.29. The number of amides is 1. The number of carbonyl (C=O) groups is 1. The van der Waals surface area contributed by atoms with Crippen molar-refractivity contribution in [2.24, 2.45) is 0 Å². The van der Waals surface area contributed by atoms with E-state index in [2.05, 4.69) is 16.3 Å². The molecule has 0 atom stereocenters. The Morgan fingerprint density at radius 2 is 2.12 bits per heavy atom. The normalized spacial score (nSPS) is 10.8. The zero-order chi connectivity index (χ0) is 18.4. The Morgan fingerprint density at radius 1 is 1.23 bits per heavy atom. The van der Waals surface area contributed by atoms with Gasteiger partial charge in [0.2, 0.25) is 5.91 Å². The highest BCUT2D eigenvalue weighted by atomic mass is 32.1. The minimum atomic E-state index is -0.269. The van der Waals surface area contributed by atoms with E-state index < -0.39 is 0 Å². The lowest BCUT2D eigenvalue weighted by molar-refractivity contribution is -0.129. The second-order valence-corrected chi connectivity index (χ2v) is 7.32. The van der Waals surface area contributed by atoms with Gasteiger partial charge in [-0.05, 0) is 48.9 Å². The van der Waals surface area contributed by atoms with Gasteiger partial charge in [0.05, 0.1) is 5.69 Å². The van der Waals surface area contributed by atoms with Crippen LogP contribution in [0.3, 0.4) is 0 Å². The van der Waals surface area contributed by atoms with E-state index >= 15 is 0 Å². The highest BCUT2D eigenvalue weighted by molar-refractivity contribution is 7.09. The topological polar surface area (TPSA) is 49.0 Å². The molecule has 136 valence electrons. The Kier molecular flexibility index (Phi) is 6.17. The van der Waals surface area contributed by atoms with Gasteiger partial charge in [0.25, 0.3) is 0 Å². The number of rotatable bonds is 8. The number of nitrogens with zero attached hydrogens (tertiary/aromatic N) is 2. The average molecular weight is 371 g/mol. The molecule has 0 saturated carbocycles. The third-order valence-corrected chi connectivity index (χ3v) is 5.22. The van der Waals surface area contributed by atoms with Crippen LogP contribution in [0.1, 0.15) is 23.4 Å². The number of carbonyl (C=O) groups excluding carboxylic acids is 1. The Bertz CT molecular complexity index is 844. The third-order valence-electron chi connectivity index (χ3n) is 4.28. The lowest BCUT2D eigenvalue weighted by Crippen LogP contribution is -2.28. The van der Waals surface area contributed by atoms with Crippen LogP contribution in [0.4, 0.5) is 4.39 Å². The van der Waals surface area contributed by atoms with Crippen LogP contribution < -0.4 is 0 Å². The maximum atomic E-state index is 13.3. The van der Waals surface area contributed by atoms with Gasteiger partial charge in [-0.25, -0.2) is 4.39 Å². The molecule has 1 amide bonds. The van der Waals surface area contributed by atoms with Crippen molar-refractivity contribution in [1.29, 1.82) is 0 Å². The van der Waals surface area contributed by atoms with Gasteiger partial charge in [0.1, 0.15) is 5.82 Å². The molecule has 1 N–H and O–H groups in total. The summed E-state index contributed by atoms with van der Waals surface area (Å²) in [5.74, 6) is -0.0989. The Labute approximate surface area is 156 Å². The lowest BCUT2D eigenvalue weighted by atomic mass is 10.1. The van der Waals surface area contributed by atoms with Crippen molar-refractivity contribution in [1.82, 2.24) is 15.1 Å². The summed E-state index contributed by atoms with van der Waals surface area (Å²) in [6.45, 7) is 0.706. The van der Waals surface area contributed by atoms with E-state index in [1.54, 1.807) is 22.3 Å². The molecule has 4 nitrogen and oxygen atoms in total.